The number of likely N-dealkylation sites (tertiary alicyclic amines) is 1. The molecule has 0 aromatic heterocycles. The predicted molar refractivity (Wildman–Crippen MR) is 63.7 cm³/mol. The summed E-state index contributed by atoms with van der Waals surface area (Å²) in [6, 6.07) is 2.40. The van der Waals surface area contributed by atoms with E-state index < -0.39 is 0 Å². The molecule has 2 heteroatoms. The molecule has 84 valence electrons. The average molecular weight is 206 g/mol. The Morgan fingerprint density at radius 2 is 2.27 bits per heavy atom. The molecule has 2 aliphatic rings. The van der Waals surface area contributed by atoms with Crippen molar-refractivity contribution >= 4 is 0 Å². The molecule has 2 rings (SSSR count). The zero-order valence-corrected chi connectivity index (χ0v) is 9.71. The fourth-order valence-electron chi connectivity index (χ4n) is 2.62. The molecule has 2 fully saturated rings. The maximum absolute atomic E-state index is 5.23. The van der Waals surface area contributed by atoms with Crippen LogP contribution in [0.3, 0.4) is 0 Å². The molecule has 2 nitrogen and oxygen atoms in total. The topological polar surface area (TPSA) is 15.3 Å². The summed E-state index contributed by atoms with van der Waals surface area (Å²) in [5.41, 5.74) is 0. The van der Waals surface area contributed by atoms with Gasteiger partial charge >= 0.3 is 0 Å². The molecular formula is C13H22N2. The number of terminal acetylenes is 1. The van der Waals surface area contributed by atoms with Crippen molar-refractivity contribution in [3.63, 3.8) is 0 Å². The molecule has 1 heterocycles. The molecule has 15 heavy (non-hydrogen) atoms. The molecule has 0 aromatic carbocycles. The van der Waals surface area contributed by atoms with Gasteiger partial charge in [0.25, 0.3) is 0 Å². The van der Waals surface area contributed by atoms with Crippen molar-refractivity contribution in [3.05, 3.63) is 0 Å². The van der Waals surface area contributed by atoms with Gasteiger partial charge in [0.2, 0.25) is 0 Å². The van der Waals surface area contributed by atoms with E-state index >= 15 is 0 Å². The van der Waals surface area contributed by atoms with Gasteiger partial charge in [-0.3, -0.25) is 4.90 Å². The van der Waals surface area contributed by atoms with Crippen LogP contribution in [0, 0.1) is 12.3 Å². The van der Waals surface area contributed by atoms with Gasteiger partial charge in [-0.2, -0.15) is 0 Å². The molecule has 0 radical (unpaired) electrons. The van der Waals surface area contributed by atoms with Crippen LogP contribution in [-0.2, 0) is 0 Å². The highest BCUT2D eigenvalue weighted by molar-refractivity contribution is 4.96. The monoisotopic (exact) mass is 206 g/mol. The van der Waals surface area contributed by atoms with Crippen molar-refractivity contribution < 1.29 is 0 Å². The Morgan fingerprint density at radius 1 is 1.47 bits per heavy atom. The van der Waals surface area contributed by atoms with E-state index in [2.05, 4.69) is 23.1 Å². The average Bonchev–Trinajstić information content (AvgIpc) is 2.99. The third-order valence-electron chi connectivity index (χ3n) is 3.57. The molecular weight excluding hydrogens is 184 g/mol. The molecule has 0 bridgehead atoms. The van der Waals surface area contributed by atoms with E-state index in [1.54, 1.807) is 0 Å². The van der Waals surface area contributed by atoms with Crippen molar-refractivity contribution in [1.29, 1.82) is 0 Å². The van der Waals surface area contributed by atoms with Gasteiger partial charge in [-0.25, -0.2) is 0 Å². The van der Waals surface area contributed by atoms with E-state index in [4.69, 9.17) is 6.42 Å². The fourth-order valence-corrected chi connectivity index (χ4v) is 2.62. The second-order valence-electron chi connectivity index (χ2n) is 4.97. The summed E-state index contributed by atoms with van der Waals surface area (Å²) in [4.78, 5) is 2.68. The Bertz CT molecular complexity index is 239. The van der Waals surface area contributed by atoms with Crippen LogP contribution in [0.15, 0.2) is 0 Å². The van der Waals surface area contributed by atoms with Crippen LogP contribution in [-0.4, -0.2) is 36.1 Å². The van der Waals surface area contributed by atoms with Gasteiger partial charge in [-0.05, 0) is 39.2 Å². The number of rotatable bonds is 5. The molecule has 2 unspecified atom stereocenters. The van der Waals surface area contributed by atoms with Crippen LogP contribution in [0.2, 0.25) is 0 Å². The quantitative estimate of drug-likeness (QED) is 0.543. The van der Waals surface area contributed by atoms with Crippen molar-refractivity contribution in [2.75, 3.05) is 13.1 Å². The van der Waals surface area contributed by atoms with Gasteiger partial charge in [0, 0.05) is 31.1 Å². The van der Waals surface area contributed by atoms with E-state index in [1.165, 1.54) is 25.8 Å². The number of nitrogens with one attached hydrogen (secondary N) is 1. The van der Waals surface area contributed by atoms with Crippen LogP contribution in [0.4, 0.5) is 0 Å². The van der Waals surface area contributed by atoms with Gasteiger partial charge in [0.15, 0.2) is 0 Å². The van der Waals surface area contributed by atoms with E-state index in [9.17, 15) is 0 Å². The van der Waals surface area contributed by atoms with Gasteiger partial charge in [-0.1, -0.05) is 0 Å². The number of unbranched alkanes of at least 4 members (excludes halogenated alkanes) is 1. The summed E-state index contributed by atoms with van der Waals surface area (Å²) < 4.78 is 0. The largest absolute Gasteiger partial charge is 0.313 e. The lowest BCUT2D eigenvalue weighted by Gasteiger charge is -2.19. The van der Waals surface area contributed by atoms with Gasteiger partial charge < -0.3 is 5.32 Å². The highest BCUT2D eigenvalue weighted by Gasteiger charge is 2.38. The maximum atomic E-state index is 5.23. The molecule has 0 amide bonds. The first-order valence-electron chi connectivity index (χ1n) is 6.24. The number of nitrogens with zero attached hydrogens (tertiary/aromatic N) is 1. The highest BCUT2D eigenvalue weighted by atomic mass is 15.3. The van der Waals surface area contributed by atoms with E-state index in [0.29, 0.717) is 6.04 Å². The molecule has 1 aliphatic carbocycles. The molecule has 0 spiro atoms. The van der Waals surface area contributed by atoms with Gasteiger partial charge in [0.1, 0.15) is 0 Å². The Hall–Kier alpha value is -0.520. The minimum atomic E-state index is 0.707. The molecule has 2 atom stereocenters. The summed E-state index contributed by atoms with van der Waals surface area (Å²) in [5, 5.41) is 3.62. The van der Waals surface area contributed by atoms with Gasteiger partial charge in [-0.15, -0.1) is 12.3 Å². The molecule has 1 saturated carbocycles. The first-order chi connectivity index (χ1) is 7.31. The Balaban J connectivity index is 1.65. The Labute approximate surface area is 93.4 Å². The number of hydrogen-bond acceptors (Lipinski definition) is 2. The fraction of sp³-hybridized carbons (Fsp3) is 0.846. The number of hydrogen-bond donors (Lipinski definition) is 1. The second-order valence-corrected chi connectivity index (χ2v) is 4.97. The molecule has 0 aromatic rings. The van der Waals surface area contributed by atoms with Crippen LogP contribution < -0.4 is 5.32 Å². The zero-order chi connectivity index (χ0) is 10.7. The van der Waals surface area contributed by atoms with Gasteiger partial charge in [0.05, 0.1) is 0 Å². The van der Waals surface area contributed by atoms with E-state index in [-0.39, 0.29) is 0 Å². The van der Waals surface area contributed by atoms with Crippen LogP contribution in [0.25, 0.3) is 0 Å². The minimum absolute atomic E-state index is 0.707. The first kappa shape index (κ1) is 11.0. The van der Waals surface area contributed by atoms with E-state index in [1.807, 2.05) is 0 Å². The van der Waals surface area contributed by atoms with Crippen molar-refractivity contribution in [2.45, 2.75) is 57.2 Å². The smallest absolute Gasteiger partial charge is 0.0210 e. The lowest BCUT2D eigenvalue weighted by Crippen LogP contribution is -2.34. The summed E-state index contributed by atoms with van der Waals surface area (Å²) >= 11 is 0. The summed E-state index contributed by atoms with van der Waals surface area (Å²) in [6.45, 7) is 4.70. The summed E-state index contributed by atoms with van der Waals surface area (Å²) in [7, 11) is 0. The normalized spacial score (nSPS) is 31.7. The summed E-state index contributed by atoms with van der Waals surface area (Å²) in [5.74, 6) is 2.69. The third-order valence-corrected chi connectivity index (χ3v) is 3.57. The summed E-state index contributed by atoms with van der Waals surface area (Å²) in [6.07, 6.45) is 11.4. The standard InChI is InChI=1S/C13H22N2/c1-3-4-5-8-14-12-9-11(2)15(10-12)13-6-7-13/h1,11-14H,4-10H2,2H3. The SMILES string of the molecule is C#CCCCNC1CC(C)N(C2CC2)C1. The molecule has 1 saturated heterocycles. The lowest BCUT2D eigenvalue weighted by molar-refractivity contribution is 0.255. The highest BCUT2D eigenvalue weighted by Crippen LogP contribution is 2.33. The maximum Gasteiger partial charge on any atom is 0.0210 e. The van der Waals surface area contributed by atoms with Crippen molar-refractivity contribution in [3.8, 4) is 12.3 Å². The van der Waals surface area contributed by atoms with Crippen LogP contribution in [0.5, 0.6) is 0 Å². The Morgan fingerprint density at radius 3 is 2.93 bits per heavy atom. The predicted octanol–water partition coefficient (Wildman–Crippen LogP) is 1.61. The molecule has 1 aliphatic heterocycles. The van der Waals surface area contributed by atoms with Crippen molar-refractivity contribution in [2.24, 2.45) is 0 Å². The minimum Gasteiger partial charge on any atom is -0.313 e. The van der Waals surface area contributed by atoms with Crippen LogP contribution >= 0.6 is 0 Å². The van der Waals surface area contributed by atoms with Crippen molar-refractivity contribution in [1.82, 2.24) is 10.2 Å². The van der Waals surface area contributed by atoms with Crippen LogP contribution in [0.1, 0.15) is 39.0 Å². The lowest BCUT2D eigenvalue weighted by atomic mass is 10.2. The Kier molecular flexibility index (Phi) is 3.66. The second kappa shape index (κ2) is 5.01. The van der Waals surface area contributed by atoms with E-state index in [0.717, 1.165) is 31.5 Å². The molecule has 1 N–H and O–H groups in total. The first-order valence-corrected chi connectivity index (χ1v) is 6.24. The third kappa shape index (κ3) is 2.96. The zero-order valence-electron chi connectivity index (χ0n) is 9.71.